The number of hydrogen-bond acceptors (Lipinski definition) is 2. The summed E-state index contributed by atoms with van der Waals surface area (Å²) >= 11 is 0. The molecular weight excluding hydrogens is 328 g/mol. The largest absolute Gasteiger partial charge is 0.312 e. The Morgan fingerprint density at radius 2 is 1.04 bits per heavy atom. The maximum absolute atomic E-state index is 3.45. The molecule has 2 heteroatoms. The average Bonchev–Trinajstić information content (AvgIpc) is 2.65. The topological polar surface area (TPSA) is 15.3 Å². The van der Waals surface area contributed by atoms with Crippen molar-refractivity contribution in [2.75, 3.05) is 33.7 Å². The highest BCUT2D eigenvalue weighted by atomic mass is 15.1. The highest BCUT2D eigenvalue weighted by Gasteiger charge is 1.94. The van der Waals surface area contributed by atoms with Crippen molar-refractivity contribution >= 4 is 0 Å². The third kappa shape index (κ3) is 25.7. The number of likely N-dealkylation sites (N-methyl/N-ethyl adjacent to an activating group) is 1. The zero-order valence-corrected chi connectivity index (χ0v) is 19.2. The molecule has 0 spiro atoms. The molecule has 0 aliphatic rings. The molecule has 0 bridgehead atoms. The summed E-state index contributed by atoms with van der Waals surface area (Å²) in [5.74, 6) is 0. The lowest BCUT2D eigenvalue weighted by Crippen LogP contribution is -2.26. The van der Waals surface area contributed by atoms with Gasteiger partial charge >= 0.3 is 0 Å². The van der Waals surface area contributed by atoms with Gasteiger partial charge in [0.05, 0.1) is 0 Å². The van der Waals surface area contributed by atoms with Gasteiger partial charge in [0.2, 0.25) is 0 Å². The smallest absolute Gasteiger partial charge is 0.0135 e. The lowest BCUT2D eigenvalue weighted by atomic mass is 10.0. The fraction of sp³-hybridized carbons (Fsp3) is 0.920. The number of hydrogen-bond donors (Lipinski definition) is 1. The highest BCUT2D eigenvalue weighted by molar-refractivity contribution is 4.83. The predicted molar refractivity (Wildman–Crippen MR) is 125 cm³/mol. The van der Waals surface area contributed by atoms with E-state index in [9.17, 15) is 0 Å². The molecular formula is C25H52N2. The number of unbranched alkanes of at least 4 members (excludes halogenated alkanes) is 16. The van der Waals surface area contributed by atoms with Gasteiger partial charge in [0.15, 0.2) is 0 Å². The number of nitrogens with one attached hydrogen (secondary N) is 1. The van der Waals surface area contributed by atoms with E-state index < -0.39 is 0 Å². The molecule has 0 aliphatic heterocycles. The van der Waals surface area contributed by atoms with Crippen LogP contribution in [0.5, 0.6) is 0 Å². The Bertz CT molecular complexity index is 286. The molecule has 0 saturated carbocycles. The zero-order chi connectivity index (χ0) is 19.8. The standard InChI is InChI=1S/C25H52N2/c1-4-5-6-7-8-9-10-11-12-13-14-15-16-17-18-19-20-21-22-23-26-24-25-27(2)3/h21-22,26H,4-20,23-25H2,1-3H3. The van der Waals surface area contributed by atoms with Crippen LogP contribution in [0.3, 0.4) is 0 Å². The Kier molecular flexibility index (Phi) is 23.4. The van der Waals surface area contributed by atoms with E-state index in [1.165, 1.54) is 109 Å². The second kappa shape index (κ2) is 23.7. The number of nitrogens with zero attached hydrogens (tertiary/aromatic N) is 1. The summed E-state index contributed by atoms with van der Waals surface area (Å²) in [7, 11) is 4.24. The van der Waals surface area contributed by atoms with Gasteiger partial charge in [-0.15, -0.1) is 0 Å². The second-order valence-corrected chi connectivity index (χ2v) is 8.57. The molecule has 0 saturated heterocycles. The van der Waals surface area contributed by atoms with Gasteiger partial charge in [-0.1, -0.05) is 115 Å². The minimum absolute atomic E-state index is 1.02. The van der Waals surface area contributed by atoms with Crippen molar-refractivity contribution in [3.05, 3.63) is 12.2 Å². The van der Waals surface area contributed by atoms with Crippen LogP contribution >= 0.6 is 0 Å². The molecule has 0 radical (unpaired) electrons. The van der Waals surface area contributed by atoms with Crippen molar-refractivity contribution in [3.63, 3.8) is 0 Å². The van der Waals surface area contributed by atoms with Gasteiger partial charge in [-0.2, -0.15) is 0 Å². The number of rotatable bonds is 22. The van der Waals surface area contributed by atoms with Crippen molar-refractivity contribution in [3.8, 4) is 0 Å². The summed E-state index contributed by atoms with van der Waals surface area (Å²) in [6, 6.07) is 0. The summed E-state index contributed by atoms with van der Waals surface area (Å²) in [5.41, 5.74) is 0. The molecule has 0 atom stereocenters. The van der Waals surface area contributed by atoms with Crippen LogP contribution < -0.4 is 5.32 Å². The molecule has 0 aromatic rings. The van der Waals surface area contributed by atoms with E-state index >= 15 is 0 Å². The van der Waals surface area contributed by atoms with Gasteiger partial charge in [-0.25, -0.2) is 0 Å². The summed E-state index contributed by atoms with van der Waals surface area (Å²) < 4.78 is 0. The normalized spacial score (nSPS) is 11.9. The molecule has 1 N–H and O–H groups in total. The van der Waals surface area contributed by atoms with Crippen LogP contribution in [0, 0.1) is 0 Å². The van der Waals surface area contributed by atoms with Crippen molar-refractivity contribution in [2.45, 2.75) is 116 Å². The Balaban J connectivity index is 3.04. The van der Waals surface area contributed by atoms with E-state index in [1.807, 2.05) is 0 Å². The van der Waals surface area contributed by atoms with Crippen LogP contribution in [0.25, 0.3) is 0 Å². The van der Waals surface area contributed by atoms with Crippen molar-refractivity contribution in [1.29, 1.82) is 0 Å². The molecule has 0 unspecified atom stereocenters. The highest BCUT2D eigenvalue weighted by Crippen LogP contribution is 2.14. The fourth-order valence-electron chi connectivity index (χ4n) is 3.50. The maximum Gasteiger partial charge on any atom is 0.0135 e. The molecule has 162 valence electrons. The average molecular weight is 381 g/mol. The quantitative estimate of drug-likeness (QED) is 0.156. The van der Waals surface area contributed by atoms with Crippen LogP contribution in [-0.4, -0.2) is 38.6 Å². The van der Waals surface area contributed by atoms with E-state index in [1.54, 1.807) is 0 Å². The van der Waals surface area contributed by atoms with Crippen LogP contribution in [0.1, 0.15) is 116 Å². The van der Waals surface area contributed by atoms with Crippen LogP contribution in [0.15, 0.2) is 12.2 Å². The molecule has 0 heterocycles. The van der Waals surface area contributed by atoms with Gasteiger partial charge in [-0.3, -0.25) is 0 Å². The van der Waals surface area contributed by atoms with E-state index in [2.05, 4.69) is 43.4 Å². The monoisotopic (exact) mass is 380 g/mol. The molecule has 2 nitrogen and oxygen atoms in total. The van der Waals surface area contributed by atoms with E-state index in [0.717, 1.165) is 19.6 Å². The molecule has 27 heavy (non-hydrogen) atoms. The third-order valence-electron chi connectivity index (χ3n) is 5.39. The van der Waals surface area contributed by atoms with Gasteiger partial charge in [0, 0.05) is 19.6 Å². The Morgan fingerprint density at radius 1 is 0.593 bits per heavy atom. The van der Waals surface area contributed by atoms with E-state index in [0.29, 0.717) is 0 Å². The molecule has 0 aliphatic carbocycles. The molecule has 0 aromatic heterocycles. The lowest BCUT2D eigenvalue weighted by molar-refractivity contribution is 0.404. The van der Waals surface area contributed by atoms with Crippen molar-refractivity contribution in [1.82, 2.24) is 10.2 Å². The summed E-state index contributed by atoms with van der Waals surface area (Å²) in [5, 5.41) is 3.45. The SMILES string of the molecule is CCCCCCCCCCCCCCCCCCC=CCNCCN(C)C. The minimum atomic E-state index is 1.02. The molecule has 0 aromatic carbocycles. The van der Waals surface area contributed by atoms with Gasteiger partial charge < -0.3 is 10.2 Å². The Hall–Kier alpha value is -0.340. The Morgan fingerprint density at radius 3 is 1.48 bits per heavy atom. The third-order valence-corrected chi connectivity index (χ3v) is 5.39. The fourth-order valence-corrected chi connectivity index (χ4v) is 3.50. The van der Waals surface area contributed by atoms with E-state index in [4.69, 9.17) is 0 Å². The lowest BCUT2D eigenvalue weighted by Gasteiger charge is -2.08. The first-order chi connectivity index (χ1) is 13.3. The molecule has 0 amide bonds. The summed E-state index contributed by atoms with van der Waals surface area (Å²) in [6.45, 7) is 5.52. The van der Waals surface area contributed by atoms with Gasteiger partial charge in [-0.05, 0) is 26.9 Å². The van der Waals surface area contributed by atoms with Gasteiger partial charge in [0.25, 0.3) is 0 Å². The first kappa shape index (κ1) is 26.7. The number of allylic oxidation sites excluding steroid dienone is 1. The van der Waals surface area contributed by atoms with Crippen LogP contribution in [0.4, 0.5) is 0 Å². The first-order valence-electron chi connectivity index (χ1n) is 12.3. The second-order valence-electron chi connectivity index (χ2n) is 8.57. The zero-order valence-electron chi connectivity index (χ0n) is 19.2. The van der Waals surface area contributed by atoms with Crippen molar-refractivity contribution < 1.29 is 0 Å². The molecule has 0 fully saturated rings. The van der Waals surface area contributed by atoms with Gasteiger partial charge in [0.1, 0.15) is 0 Å². The molecule has 0 rings (SSSR count). The van der Waals surface area contributed by atoms with Crippen LogP contribution in [0.2, 0.25) is 0 Å². The van der Waals surface area contributed by atoms with E-state index in [-0.39, 0.29) is 0 Å². The minimum Gasteiger partial charge on any atom is -0.312 e. The van der Waals surface area contributed by atoms with Crippen LogP contribution in [-0.2, 0) is 0 Å². The summed E-state index contributed by atoms with van der Waals surface area (Å²) in [4.78, 5) is 2.22. The predicted octanol–water partition coefficient (Wildman–Crippen LogP) is 7.35. The van der Waals surface area contributed by atoms with Crippen molar-refractivity contribution in [2.24, 2.45) is 0 Å². The summed E-state index contributed by atoms with van der Waals surface area (Å²) in [6.07, 6.45) is 29.1. The Labute approximate surface area is 172 Å². The first-order valence-corrected chi connectivity index (χ1v) is 12.3. The maximum atomic E-state index is 3.45.